The molecular formula is C16H22ClNO3. The summed E-state index contributed by atoms with van der Waals surface area (Å²) < 4.78 is 5.67. The summed E-state index contributed by atoms with van der Waals surface area (Å²) in [4.78, 5) is 0. The van der Waals surface area contributed by atoms with E-state index in [9.17, 15) is 10.2 Å². The van der Waals surface area contributed by atoms with Crippen molar-refractivity contribution < 1.29 is 14.9 Å². The smallest absolute Gasteiger partial charge is 0.127 e. The highest BCUT2D eigenvalue weighted by atomic mass is 35.5. The van der Waals surface area contributed by atoms with Crippen molar-refractivity contribution in [2.45, 2.75) is 26.0 Å². The van der Waals surface area contributed by atoms with Gasteiger partial charge in [0.15, 0.2) is 0 Å². The van der Waals surface area contributed by atoms with Crippen molar-refractivity contribution >= 4 is 23.2 Å². The number of hydrogen-bond donors (Lipinski definition) is 3. The molecular weight excluding hydrogens is 290 g/mol. The Balaban J connectivity index is 0.00000220. The molecule has 0 saturated heterocycles. The second kappa shape index (κ2) is 8.08. The fourth-order valence-corrected chi connectivity index (χ4v) is 2.00. The Kier molecular flexibility index (Phi) is 6.75. The lowest BCUT2D eigenvalue weighted by Crippen LogP contribution is -2.35. The standard InChI is InChI=1S/C16H21NO3.ClH/c1-11(2)17-9-12(18)10-20-16-8-7-15(19)13-5-3-4-6-14(13)16;/h3-8,11-12,17-19H,9-10H2,1-2H3;1H/t12-;/m1./s1. The molecule has 0 saturated carbocycles. The average molecular weight is 312 g/mol. The van der Waals surface area contributed by atoms with E-state index in [4.69, 9.17) is 4.74 Å². The fourth-order valence-electron chi connectivity index (χ4n) is 2.00. The van der Waals surface area contributed by atoms with Crippen LogP contribution < -0.4 is 10.1 Å². The molecule has 2 aromatic rings. The number of nitrogens with one attached hydrogen (secondary N) is 1. The van der Waals surface area contributed by atoms with Crippen molar-refractivity contribution in [1.82, 2.24) is 5.32 Å². The molecule has 4 nitrogen and oxygen atoms in total. The minimum absolute atomic E-state index is 0. The van der Waals surface area contributed by atoms with Gasteiger partial charge in [-0.2, -0.15) is 0 Å². The molecule has 0 aliphatic rings. The lowest BCUT2D eigenvalue weighted by atomic mass is 10.1. The molecule has 0 heterocycles. The first kappa shape index (κ1) is 17.6. The van der Waals surface area contributed by atoms with Gasteiger partial charge in [-0.1, -0.05) is 38.1 Å². The molecule has 2 aromatic carbocycles. The highest BCUT2D eigenvalue weighted by Crippen LogP contribution is 2.32. The predicted molar refractivity (Wildman–Crippen MR) is 87.5 cm³/mol. The Morgan fingerprint density at radius 2 is 1.76 bits per heavy atom. The lowest BCUT2D eigenvalue weighted by Gasteiger charge is -2.16. The van der Waals surface area contributed by atoms with Gasteiger partial charge in [0.25, 0.3) is 0 Å². The van der Waals surface area contributed by atoms with Gasteiger partial charge in [-0.15, -0.1) is 12.4 Å². The zero-order valence-corrected chi connectivity index (χ0v) is 13.1. The molecule has 0 bridgehead atoms. The van der Waals surface area contributed by atoms with E-state index >= 15 is 0 Å². The van der Waals surface area contributed by atoms with Crippen LogP contribution >= 0.6 is 12.4 Å². The fraction of sp³-hybridized carbons (Fsp3) is 0.375. The Hall–Kier alpha value is -1.49. The maximum atomic E-state index is 9.85. The third-order valence-corrected chi connectivity index (χ3v) is 3.05. The van der Waals surface area contributed by atoms with Gasteiger partial charge in [0, 0.05) is 23.4 Å². The Morgan fingerprint density at radius 1 is 1.10 bits per heavy atom. The van der Waals surface area contributed by atoms with Crippen LogP contribution in [-0.4, -0.2) is 35.5 Å². The molecule has 5 heteroatoms. The number of benzene rings is 2. The van der Waals surface area contributed by atoms with E-state index in [-0.39, 0.29) is 24.8 Å². The first-order valence-electron chi connectivity index (χ1n) is 6.83. The molecule has 0 aliphatic carbocycles. The van der Waals surface area contributed by atoms with Crippen molar-refractivity contribution in [2.24, 2.45) is 0 Å². The first-order chi connectivity index (χ1) is 9.58. The molecule has 21 heavy (non-hydrogen) atoms. The van der Waals surface area contributed by atoms with E-state index < -0.39 is 6.10 Å². The number of aliphatic hydroxyl groups excluding tert-OH is 1. The number of phenolic OH excluding ortho intramolecular Hbond substituents is 1. The van der Waals surface area contributed by atoms with Crippen LogP contribution in [0.5, 0.6) is 11.5 Å². The summed E-state index contributed by atoms with van der Waals surface area (Å²) in [6.07, 6.45) is -0.565. The summed E-state index contributed by atoms with van der Waals surface area (Å²) in [5.41, 5.74) is 0. The number of aromatic hydroxyl groups is 1. The van der Waals surface area contributed by atoms with E-state index in [1.54, 1.807) is 12.1 Å². The lowest BCUT2D eigenvalue weighted by molar-refractivity contribution is 0.105. The third-order valence-electron chi connectivity index (χ3n) is 3.05. The first-order valence-corrected chi connectivity index (χ1v) is 6.83. The van der Waals surface area contributed by atoms with Crippen LogP contribution in [0.3, 0.4) is 0 Å². The molecule has 0 spiro atoms. The van der Waals surface area contributed by atoms with Crippen LogP contribution in [0.4, 0.5) is 0 Å². The van der Waals surface area contributed by atoms with Crippen LogP contribution in [0.15, 0.2) is 36.4 Å². The molecule has 0 radical (unpaired) electrons. The minimum Gasteiger partial charge on any atom is -0.507 e. The molecule has 0 aliphatic heterocycles. The van der Waals surface area contributed by atoms with Crippen LogP contribution in [0.2, 0.25) is 0 Å². The van der Waals surface area contributed by atoms with Gasteiger partial charge in [0.05, 0.1) is 0 Å². The number of hydrogen-bond acceptors (Lipinski definition) is 4. The molecule has 0 unspecified atom stereocenters. The van der Waals surface area contributed by atoms with E-state index in [0.717, 1.165) is 10.8 Å². The van der Waals surface area contributed by atoms with Gasteiger partial charge in [-0.25, -0.2) is 0 Å². The number of halogens is 1. The number of aliphatic hydroxyl groups is 1. The molecule has 2 rings (SSSR count). The maximum absolute atomic E-state index is 9.85. The Labute approximate surface area is 131 Å². The molecule has 0 aromatic heterocycles. The third kappa shape index (κ3) is 4.77. The number of rotatable bonds is 6. The second-order valence-corrected chi connectivity index (χ2v) is 5.16. The molecule has 1 atom stereocenters. The van der Waals surface area contributed by atoms with Crippen molar-refractivity contribution in [1.29, 1.82) is 0 Å². The second-order valence-electron chi connectivity index (χ2n) is 5.16. The average Bonchev–Trinajstić information content (AvgIpc) is 2.45. The number of ether oxygens (including phenoxy) is 1. The van der Waals surface area contributed by atoms with Gasteiger partial charge < -0.3 is 20.3 Å². The van der Waals surface area contributed by atoms with Gasteiger partial charge in [0.1, 0.15) is 24.2 Å². The topological polar surface area (TPSA) is 61.7 Å². The van der Waals surface area contributed by atoms with Crippen molar-refractivity contribution in [2.75, 3.05) is 13.2 Å². The minimum atomic E-state index is -0.565. The predicted octanol–water partition coefficient (Wildman–Crippen LogP) is 2.70. The zero-order chi connectivity index (χ0) is 14.5. The van der Waals surface area contributed by atoms with Crippen molar-refractivity contribution in [3.05, 3.63) is 36.4 Å². The van der Waals surface area contributed by atoms with E-state index in [1.165, 1.54) is 0 Å². The van der Waals surface area contributed by atoms with Crippen LogP contribution in [0, 0.1) is 0 Å². The van der Waals surface area contributed by atoms with Gasteiger partial charge in [0.2, 0.25) is 0 Å². The summed E-state index contributed by atoms with van der Waals surface area (Å²) in [7, 11) is 0. The van der Waals surface area contributed by atoms with Crippen LogP contribution in [-0.2, 0) is 0 Å². The molecule has 116 valence electrons. The van der Waals surface area contributed by atoms with E-state index in [0.29, 0.717) is 18.3 Å². The Bertz CT molecular complexity index is 574. The summed E-state index contributed by atoms with van der Waals surface area (Å²) in [6, 6.07) is 11.2. The summed E-state index contributed by atoms with van der Waals surface area (Å²) >= 11 is 0. The number of phenols is 1. The van der Waals surface area contributed by atoms with Crippen molar-refractivity contribution in [3.63, 3.8) is 0 Å². The molecule has 3 N–H and O–H groups in total. The maximum Gasteiger partial charge on any atom is 0.127 e. The van der Waals surface area contributed by atoms with E-state index in [1.807, 2.05) is 38.1 Å². The van der Waals surface area contributed by atoms with Gasteiger partial charge in [-0.3, -0.25) is 0 Å². The highest BCUT2D eigenvalue weighted by Gasteiger charge is 2.09. The van der Waals surface area contributed by atoms with Crippen molar-refractivity contribution in [3.8, 4) is 11.5 Å². The van der Waals surface area contributed by atoms with Gasteiger partial charge >= 0.3 is 0 Å². The summed E-state index contributed by atoms with van der Waals surface area (Å²) in [6.45, 7) is 4.77. The van der Waals surface area contributed by atoms with Crippen LogP contribution in [0.1, 0.15) is 13.8 Å². The quantitative estimate of drug-likeness (QED) is 0.767. The SMILES string of the molecule is CC(C)NC[C@@H](O)COc1ccc(O)c2ccccc12.Cl. The number of fused-ring (bicyclic) bond motifs is 1. The van der Waals surface area contributed by atoms with Gasteiger partial charge in [-0.05, 0) is 12.1 Å². The monoisotopic (exact) mass is 311 g/mol. The Morgan fingerprint density at radius 3 is 2.43 bits per heavy atom. The van der Waals surface area contributed by atoms with E-state index in [2.05, 4.69) is 5.32 Å². The zero-order valence-electron chi connectivity index (χ0n) is 12.2. The molecule has 0 fully saturated rings. The highest BCUT2D eigenvalue weighted by molar-refractivity contribution is 5.92. The normalized spacial score (nSPS) is 12.2. The summed E-state index contributed by atoms with van der Waals surface area (Å²) in [5, 5.41) is 24.4. The summed E-state index contributed by atoms with van der Waals surface area (Å²) in [5.74, 6) is 0.900. The van der Waals surface area contributed by atoms with Crippen LogP contribution in [0.25, 0.3) is 10.8 Å². The largest absolute Gasteiger partial charge is 0.507 e. The molecule has 0 amide bonds.